The van der Waals surface area contributed by atoms with E-state index in [-0.39, 0.29) is 0 Å². The van der Waals surface area contributed by atoms with Crippen LogP contribution in [-0.2, 0) is 19.5 Å². The van der Waals surface area contributed by atoms with Crippen LogP contribution in [0.4, 0.5) is 0 Å². The monoisotopic (exact) mass is 379 g/mol. The molecule has 3 N–H and O–H groups in total. The van der Waals surface area contributed by atoms with Crippen molar-refractivity contribution in [3.8, 4) is 22.5 Å². The first-order valence-electron chi connectivity index (χ1n) is 9.59. The first-order chi connectivity index (χ1) is 13.2. The molecule has 0 spiro atoms. The highest BCUT2D eigenvalue weighted by Crippen LogP contribution is 2.41. The maximum Gasteiger partial charge on any atom is 0.0971 e. The minimum absolute atomic E-state index is 0.590. The number of likely N-dealkylation sites (N-methyl/N-ethyl adjacent to an activating group) is 1. The normalized spacial score (nSPS) is 17.3. The second kappa shape index (κ2) is 6.87. The first-order valence-corrected chi connectivity index (χ1v) is 10.5. The van der Waals surface area contributed by atoms with Gasteiger partial charge in [0.25, 0.3) is 0 Å². The van der Waals surface area contributed by atoms with Gasteiger partial charge in [0.1, 0.15) is 0 Å². The van der Waals surface area contributed by atoms with Crippen LogP contribution in [0.5, 0.6) is 0 Å². The van der Waals surface area contributed by atoms with Gasteiger partial charge >= 0.3 is 0 Å². The van der Waals surface area contributed by atoms with Gasteiger partial charge in [-0.2, -0.15) is 5.10 Å². The molecule has 2 aliphatic rings. The largest absolute Gasteiger partial charge is 0.326 e. The van der Waals surface area contributed by atoms with E-state index in [2.05, 4.69) is 56.7 Å². The maximum atomic E-state index is 5.77. The van der Waals surface area contributed by atoms with Crippen LogP contribution in [-0.4, -0.2) is 53.2 Å². The first kappa shape index (κ1) is 17.1. The van der Waals surface area contributed by atoms with Crippen LogP contribution in [0.2, 0.25) is 0 Å². The standard InChI is InChI=1S/C21H25N5S/c1-25-4-6-26(7-5-25)12-14-2-3-18-15(8-14)10-19-20(23-24-21(18)19)16-9-17(11-22)27-13-16/h2-3,8-9,13H,4-7,10-12,22H2,1H3,(H,23,24). The number of nitrogens with zero attached hydrogens (tertiary/aromatic N) is 3. The number of nitrogens with one attached hydrogen (secondary N) is 1. The van der Waals surface area contributed by atoms with Gasteiger partial charge in [-0.3, -0.25) is 10.00 Å². The summed E-state index contributed by atoms with van der Waals surface area (Å²) in [4.78, 5) is 6.16. The Morgan fingerprint density at radius 2 is 2.04 bits per heavy atom. The number of benzene rings is 1. The molecule has 0 saturated carbocycles. The Hall–Kier alpha value is -1.99. The lowest BCUT2D eigenvalue weighted by Gasteiger charge is -2.32. The van der Waals surface area contributed by atoms with Crippen LogP contribution in [0.25, 0.3) is 22.5 Å². The third kappa shape index (κ3) is 3.12. The van der Waals surface area contributed by atoms with Crippen LogP contribution in [0, 0.1) is 0 Å². The Balaban J connectivity index is 1.38. The lowest BCUT2D eigenvalue weighted by molar-refractivity contribution is 0.148. The molecule has 0 bridgehead atoms. The van der Waals surface area contributed by atoms with Crippen LogP contribution < -0.4 is 5.73 Å². The van der Waals surface area contributed by atoms with Crippen molar-refractivity contribution in [3.63, 3.8) is 0 Å². The summed E-state index contributed by atoms with van der Waals surface area (Å²) in [5, 5.41) is 10.1. The Kier molecular flexibility index (Phi) is 4.36. The van der Waals surface area contributed by atoms with E-state index >= 15 is 0 Å². The zero-order valence-corrected chi connectivity index (χ0v) is 16.5. The SMILES string of the molecule is CN1CCN(Cc2ccc3c(c2)Cc2c(-c4csc(CN)c4)n[nH]c2-3)CC1. The number of hydrogen-bond acceptors (Lipinski definition) is 5. The average molecular weight is 380 g/mol. The van der Waals surface area contributed by atoms with E-state index in [1.54, 1.807) is 11.3 Å². The van der Waals surface area contributed by atoms with Crippen molar-refractivity contribution >= 4 is 11.3 Å². The van der Waals surface area contributed by atoms with Crippen LogP contribution >= 0.6 is 11.3 Å². The summed E-state index contributed by atoms with van der Waals surface area (Å²) >= 11 is 1.71. The van der Waals surface area contributed by atoms with E-state index in [9.17, 15) is 0 Å². The number of aromatic nitrogens is 2. The molecule has 27 heavy (non-hydrogen) atoms. The van der Waals surface area contributed by atoms with Crippen molar-refractivity contribution < 1.29 is 0 Å². The third-order valence-corrected chi connectivity index (χ3v) is 6.76. The van der Waals surface area contributed by atoms with Crippen molar-refractivity contribution in [1.29, 1.82) is 0 Å². The van der Waals surface area contributed by atoms with Crippen molar-refractivity contribution in [1.82, 2.24) is 20.0 Å². The van der Waals surface area contributed by atoms with Gasteiger partial charge in [0.05, 0.1) is 11.4 Å². The number of piperazine rings is 1. The molecule has 0 atom stereocenters. The smallest absolute Gasteiger partial charge is 0.0971 e. The molecule has 1 aliphatic carbocycles. The summed E-state index contributed by atoms with van der Waals surface area (Å²) in [7, 11) is 2.20. The molecule has 0 amide bonds. The predicted molar refractivity (Wildman–Crippen MR) is 111 cm³/mol. The molecule has 140 valence electrons. The number of fused-ring (bicyclic) bond motifs is 3. The number of rotatable bonds is 4. The van der Waals surface area contributed by atoms with E-state index in [1.807, 2.05) is 0 Å². The van der Waals surface area contributed by atoms with Gasteiger partial charge in [-0.25, -0.2) is 0 Å². The number of H-pyrrole nitrogens is 1. The minimum Gasteiger partial charge on any atom is -0.326 e. The average Bonchev–Trinajstić information content (AvgIpc) is 3.37. The van der Waals surface area contributed by atoms with Gasteiger partial charge < -0.3 is 10.6 Å². The molecule has 1 saturated heterocycles. The predicted octanol–water partition coefficient (Wildman–Crippen LogP) is 2.92. The summed E-state index contributed by atoms with van der Waals surface area (Å²) in [6.45, 7) is 6.27. The van der Waals surface area contributed by atoms with Crippen molar-refractivity contribution in [2.24, 2.45) is 5.73 Å². The highest BCUT2D eigenvalue weighted by atomic mass is 32.1. The quantitative estimate of drug-likeness (QED) is 0.572. The lowest BCUT2D eigenvalue weighted by Crippen LogP contribution is -2.43. The van der Waals surface area contributed by atoms with E-state index in [0.717, 1.165) is 44.8 Å². The highest BCUT2D eigenvalue weighted by molar-refractivity contribution is 7.10. The van der Waals surface area contributed by atoms with Gasteiger partial charge in [0.15, 0.2) is 0 Å². The molecule has 0 unspecified atom stereocenters. The number of thiophene rings is 1. The number of nitrogens with two attached hydrogens (primary N) is 1. The highest BCUT2D eigenvalue weighted by Gasteiger charge is 2.26. The number of aromatic amines is 1. The molecule has 6 heteroatoms. The van der Waals surface area contributed by atoms with Gasteiger partial charge in [-0.05, 0) is 24.2 Å². The Labute approximate surface area is 163 Å². The minimum atomic E-state index is 0.590. The van der Waals surface area contributed by atoms with Gasteiger partial charge in [-0.15, -0.1) is 11.3 Å². The van der Waals surface area contributed by atoms with Gasteiger partial charge in [0.2, 0.25) is 0 Å². The molecule has 5 nitrogen and oxygen atoms in total. The van der Waals surface area contributed by atoms with Crippen LogP contribution in [0.3, 0.4) is 0 Å². The fourth-order valence-corrected chi connectivity index (χ4v) is 4.95. The van der Waals surface area contributed by atoms with E-state index in [1.165, 1.54) is 38.4 Å². The molecule has 1 aromatic carbocycles. The Bertz CT molecular complexity index is 965. The Morgan fingerprint density at radius 1 is 1.19 bits per heavy atom. The molecule has 5 rings (SSSR count). The molecule has 1 aliphatic heterocycles. The van der Waals surface area contributed by atoms with Gasteiger partial charge in [0, 0.05) is 72.6 Å². The summed E-state index contributed by atoms with van der Waals surface area (Å²) in [6.07, 6.45) is 0.959. The zero-order valence-electron chi connectivity index (χ0n) is 15.7. The van der Waals surface area contributed by atoms with E-state index < -0.39 is 0 Å². The van der Waals surface area contributed by atoms with Crippen molar-refractivity contribution in [2.75, 3.05) is 33.2 Å². The van der Waals surface area contributed by atoms with Crippen molar-refractivity contribution in [3.05, 3.63) is 51.2 Å². The second-order valence-corrected chi connectivity index (χ2v) is 8.68. The molecule has 3 aromatic rings. The lowest BCUT2D eigenvalue weighted by atomic mass is 10.0. The van der Waals surface area contributed by atoms with E-state index in [0.29, 0.717) is 6.54 Å². The summed E-state index contributed by atoms with van der Waals surface area (Å²) < 4.78 is 0. The number of hydrogen-bond donors (Lipinski definition) is 2. The fourth-order valence-electron chi connectivity index (χ4n) is 4.20. The molecule has 0 radical (unpaired) electrons. The topological polar surface area (TPSA) is 61.2 Å². The zero-order chi connectivity index (χ0) is 18.4. The van der Waals surface area contributed by atoms with Crippen molar-refractivity contribution in [2.45, 2.75) is 19.5 Å². The third-order valence-electron chi connectivity index (χ3n) is 5.80. The van der Waals surface area contributed by atoms with Gasteiger partial charge in [-0.1, -0.05) is 18.2 Å². The summed E-state index contributed by atoms with van der Waals surface area (Å²) in [5.74, 6) is 0. The molecule has 2 aromatic heterocycles. The van der Waals surface area contributed by atoms with E-state index in [4.69, 9.17) is 5.73 Å². The molecule has 1 fully saturated rings. The molecule has 3 heterocycles. The fraction of sp³-hybridized carbons (Fsp3) is 0.381. The molecular weight excluding hydrogens is 354 g/mol. The summed E-state index contributed by atoms with van der Waals surface area (Å²) in [5.41, 5.74) is 14.7. The molecular formula is C21H25N5S. The van der Waals surface area contributed by atoms with Crippen LogP contribution in [0.15, 0.2) is 29.6 Å². The summed E-state index contributed by atoms with van der Waals surface area (Å²) in [6, 6.07) is 9.12. The maximum absolute atomic E-state index is 5.77. The van der Waals surface area contributed by atoms with Crippen LogP contribution in [0.1, 0.15) is 21.6 Å². The second-order valence-electron chi connectivity index (χ2n) is 7.68. The Morgan fingerprint density at radius 3 is 2.81 bits per heavy atom.